The fourth-order valence-corrected chi connectivity index (χ4v) is 1.87. The lowest BCUT2D eigenvalue weighted by atomic mass is 10.2. The van der Waals surface area contributed by atoms with E-state index in [1.165, 1.54) is 23.6 Å². The van der Waals surface area contributed by atoms with Gasteiger partial charge in [0.05, 0.1) is 6.54 Å². The Labute approximate surface area is 101 Å². The monoisotopic (exact) mass is 253 g/mol. The Bertz CT molecular complexity index is 487. The van der Waals surface area contributed by atoms with E-state index in [0.29, 0.717) is 17.3 Å². The molecule has 16 heavy (non-hydrogen) atoms. The van der Waals surface area contributed by atoms with E-state index >= 15 is 0 Å². The van der Waals surface area contributed by atoms with Gasteiger partial charge in [-0.05, 0) is 12.1 Å². The number of halogens is 1. The van der Waals surface area contributed by atoms with Crippen molar-refractivity contribution in [3.8, 4) is 0 Å². The van der Waals surface area contributed by atoms with Crippen LogP contribution in [0.3, 0.4) is 0 Å². The van der Waals surface area contributed by atoms with Gasteiger partial charge in [-0.1, -0.05) is 11.6 Å². The molecule has 0 spiro atoms. The Morgan fingerprint density at radius 3 is 3.00 bits per heavy atom. The van der Waals surface area contributed by atoms with Crippen molar-refractivity contribution in [2.45, 2.75) is 6.54 Å². The molecule has 0 aliphatic carbocycles. The number of nitrogens with one attached hydrogen (secondary N) is 1. The van der Waals surface area contributed by atoms with Crippen molar-refractivity contribution in [2.24, 2.45) is 0 Å². The second-order valence-corrected chi connectivity index (χ2v) is 4.34. The number of amides is 1. The third-order valence-corrected chi connectivity index (χ3v) is 2.86. The third-order valence-electron chi connectivity index (χ3n) is 1.87. The number of carbonyl (C=O) groups is 1. The zero-order chi connectivity index (χ0) is 11.4. The van der Waals surface area contributed by atoms with Crippen LogP contribution in [0.4, 0.5) is 0 Å². The van der Waals surface area contributed by atoms with Gasteiger partial charge in [0.15, 0.2) is 0 Å². The summed E-state index contributed by atoms with van der Waals surface area (Å²) in [7, 11) is 0. The maximum atomic E-state index is 11.7. The summed E-state index contributed by atoms with van der Waals surface area (Å²) in [5, 5.41) is 5.79. The van der Waals surface area contributed by atoms with Crippen LogP contribution in [0.2, 0.25) is 5.15 Å². The van der Waals surface area contributed by atoms with Crippen LogP contribution in [0.5, 0.6) is 0 Å². The predicted molar refractivity (Wildman–Crippen MR) is 62.5 cm³/mol. The summed E-state index contributed by atoms with van der Waals surface area (Å²) in [6, 6.07) is 3.14. The molecule has 1 N–H and O–H groups in total. The molecule has 2 rings (SSSR count). The van der Waals surface area contributed by atoms with Crippen LogP contribution < -0.4 is 5.32 Å². The van der Waals surface area contributed by atoms with Gasteiger partial charge in [0, 0.05) is 23.3 Å². The van der Waals surface area contributed by atoms with Crippen molar-refractivity contribution < 1.29 is 4.79 Å². The van der Waals surface area contributed by atoms with Crippen molar-refractivity contribution in [1.82, 2.24) is 15.3 Å². The molecule has 0 saturated carbocycles. The molecule has 0 unspecified atom stereocenters. The minimum absolute atomic E-state index is 0.181. The van der Waals surface area contributed by atoms with E-state index in [-0.39, 0.29) is 5.91 Å². The van der Waals surface area contributed by atoms with E-state index in [1.807, 2.05) is 5.38 Å². The second kappa shape index (κ2) is 5.05. The summed E-state index contributed by atoms with van der Waals surface area (Å²) in [4.78, 5) is 19.5. The van der Waals surface area contributed by atoms with E-state index < -0.39 is 0 Å². The van der Waals surface area contributed by atoms with Crippen LogP contribution in [0.15, 0.2) is 29.9 Å². The van der Waals surface area contributed by atoms with Gasteiger partial charge < -0.3 is 5.32 Å². The lowest BCUT2D eigenvalue weighted by molar-refractivity contribution is 0.0951. The number of aromatic nitrogens is 2. The molecule has 0 bridgehead atoms. The first-order chi connectivity index (χ1) is 7.75. The molecule has 0 aliphatic heterocycles. The van der Waals surface area contributed by atoms with Gasteiger partial charge in [0.2, 0.25) is 0 Å². The molecule has 4 nitrogen and oxygen atoms in total. The van der Waals surface area contributed by atoms with Crippen molar-refractivity contribution in [3.05, 3.63) is 45.6 Å². The summed E-state index contributed by atoms with van der Waals surface area (Å²) in [5.74, 6) is -0.181. The van der Waals surface area contributed by atoms with E-state index in [4.69, 9.17) is 11.6 Å². The molecule has 2 heterocycles. The topological polar surface area (TPSA) is 54.9 Å². The van der Waals surface area contributed by atoms with Crippen molar-refractivity contribution >= 4 is 28.8 Å². The molecule has 1 amide bonds. The predicted octanol–water partition coefficient (Wildman–Crippen LogP) is 2.12. The fourth-order valence-electron chi connectivity index (χ4n) is 1.14. The average Bonchev–Trinajstić information content (AvgIpc) is 2.78. The molecule has 0 fully saturated rings. The van der Waals surface area contributed by atoms with Crippen LogP contribution >= 0.6 is 22.9 Å². The Kier molecular flexibility index (Phi) is 3.48. The number of pyridine rings is 1. The summed E-state index contributed by atoms with van der Waals surface area (Å²) in [6.45, 7) is 0.427. The largest absolute Gasteiger partial charge is 0.346 e. The van der Waals surface area contributed by atoms with Crippen LogP contribution in [0.1, 0.15) is 15.4 Å². The normalized spacial score (nSPS) is 10.1. The minimum atomic E-state index is -0.181. The highest BCUT2D eigenvalue weighted by atomic mass is 35.5. The molecular formula is C10H8ClN3OS. The molecule has 0 aliphatic rings. The van der Waals surface area contributed by atoms with E-state index in [2.05, 4.69) is 15.3 Å². The van der Waals surface area contributed by atoms with E-state index in [9.17, 15) is 4.79 Å². The Morgan fingerprint density at radius 1 is 1.44 bits per heavy atom. The lowest BCUT2D eigenvalue weighted by Crippen LogP contribution is -2.22. The van der Waals surface area contributed by atoms with Crippen molar-refractivity contribution in [1.29, 1.82) is 0 Å². The summed E-state index contributed by atoms with van der Waals surface area (Å²) < 4.78 is 0. The van der Waals surface area contributed by atoms with Crippen molar-refractivity contribution in [2.75, 3.05) is 0 Å². The minimum Gasteiger partial charge on any atom is -0.346 e. The van der Waals surface area contributed by atoms with Crippen LogP contribution in [0.25, 0.3) is 0 Å². The van der Waals surface area contributed by atoms with Gasteiger partial charge >= 0.3 is 0 Å². The van der Waals surface area contributed by atoms with Crippen LogP contribution in [0, 0.1) is 0 Å². The standard InChI is InChI=1S/C10H8ClN3OS/c11-8-5-7(1-2-12-8)10(15)14-6-9-13-3-4-16-9/h1-5H,6H2,(H,14,15). The highest BCUT2D eigenvalue weighted by Crippen LogP contribution is 2.08. The average molecular weight is 254 g/mol. The summed E-state index contributed by atoms with van der Waals surface area (Å²) in [5.41, 5.74) is 0.497. The number of nitrogens with zero attached hydrogens (tertiary/aromatic N) is 2. The third kappa shape index (κ3) is 2.77. The molecule has 6 heteroatoms. The molecular weight excluding hydrogens is 246 g/mol. The Morgan fingerprint density at radius 2 is 2.31 bits per heavy atom. The first-order valence-corrected chi connectivity index (χ1v) is 5.79. The molecule has 2 aromatic rings. The number of thiazole rings is 1. The number of hydrogen-bond donors (Lipinski definition) is 1. The summed E-state index contributed by atoms with van der Waals surface area (Å²) >= 11 is 7.19. The first kappa shape index (κ1) is 11.0. The van der Waals surface area contributed by atoms with Gasteiger partial charge in [-0.3, -0.25) is 4.79 Å². The van der Waals surface area contributed by atoms with Crippen molar-refractivity contribution in [3.63, 3.8) is 0 Å². The van der Waals surface area contributed by atoms with Crippen LogP contribution in [-0.2, 0) is 6.54 Å². The van der Waals surface area contributed by atoms with Gasteiger partial charge in [-0.25, -0.2) is 9.97 Å². The maximum Gasteiger partial charge on any atom is 0.251 e. The fraction of sp³-hybridized carbons (Fsp3) is 0.100. The SMILES string of the molecule is O=C(NCc1nccs1)c1ccnc(Cl)c1. The molecule has 82 valence electrons. The molecule has 0 radical (unpaired) electrons. The lowest BCUT2D eigenvalue weighted by Gasteiger charge is -2.02. The smallest absolute Gasteiger partial charge is 0.251 e. The van der Waals surface area contributed by atoms with Gasteiger partial charge in [-0.2, -0.15) is 0 Å². The summed E-state index contributed by atoms with van der Waals surface area (Å²) in [6.07, 6.45) is 3.20. The molecule has 0 saturated heterocycles. The maximum absolute atomic E-state index is 11.7. The number of hydrogen-bond acceptors (Lipinski definition) is 4. The molecule has 0 atom stereocenters. The number of rotatable bonds is 3. The highest BCUT2D eigenvalue weighted by Gasteiger charge is 2.06. The van der Waals surface area contributed by atoms with E-state index in [0.717, 1.165) is 5.01 Å². The second-order valence-electron chi connectivity index (χ2n) is 2.98. The van der Waals surface area contributed by atoms with Crippen LogP contribution in [-0.4, -0.2) is 15.9 Å². The zero-order valence-electron chi connectivity index (χ0n) is 8.18. The van der Waals surface area contributed by atoms with E-state index in [1.54, 1.807) is 12.3 Å². The Balaban J connectivity index is 1.98. The quantitative estimate of drug-likeness (QED) is 0.853. The van der Waals surface area contributed by atoms with Gasteiger partial charge in [-0.15, -0.1) is 11.3 Å². The van der Waals surface area contributed by atoms with Gasteiger partial charge in [0.25, 0.3) is 5.91 Å². The zero-order valence-corrected chi connectivity index (χ0v) is 9.76. The van der Waals surface area contributed by atoms with Gasteiger partial charge in [0.1, 0.15) is 10.2 Å². The molecule has 2 aromatic heterocycles. The molecule has 0 aromatic carbocycles. The first-order valence-electron chi connectivity index (χ1n) is 4.54. The Hall–Kier alpha value is -1.46. The number of carbonyl (C=O) groups excluding carboxylic acids is 1. The highest BCUT2D eigenvalue weighted by molar-refractivity contribution is 7.09.